The van der Waals surface area contributed by atoms with Gasteiger partial charge in [0.05, 0.1) is 18.4 Å². The Morgan fingerprint density at radius 2 is 1.62 bits per heavy atom. The summed E-state index contributed by atoms with van der Waals surface area (Å²) in [5, 5.41) is 5.33. The third-order valence-corrected chi connectivity index (χ3v) is 5.87. The van der Waals surface area contributed by atoms with E-state index in [1.54, 1.807) is 12.1 Å². The van der Waals surface area contributed by atoms with Gasteiger partial charge >= 0.3 is 0 Å². The van der Waals surface area contributed by atoms with Crippen LogP contribution in [-0.2, 0) is 21.4 Å². The molecule has 0 heterocycles. The van der Waals surface area contributed by atoms with Crippen molar-refractivity contribution in [1.82, 2.24) is 5.32 Å². The first-order valence-corrected chi connectivity index (χ1v) is 11.2. The van der Waals surface area contributed by atoms with Gasteiger partial charge in [0, 0.05) is 19.2 Å². The highest BCUT2D eigenvalue weighted by Crippen LogP contribution is 2.29. The van der Waals surface area contributed by atoms with Crippen molar-refractivity contribution in [2.75, 3.05) is 17.1 Å². The van der Waals surface area contributed by atoms with Gasteiger partial charge in [0.15, 0.2) is 0 Å². The molecule has 9 heteroatoms. The smallest absolute Gasteiger partial charge is 0.265 e. The van der Waals surface area contributed by atoms with Crippen molar-refractivity contribution in [1.29, 1.82) is 0 Å². The number of rotatable bonds is 8. The van der Waals surface area contributed by atoms with Crippen LogP contribution in [0.25, 0.3) is 0 Å². The van der Waals surface area contributed by atoms with Gasteiger partial charge in [-0.1, -0.05) is 42.5 Å². The fourth-order valence-electron chi connectivity index (χ4n) is 3.01. The second-order valence-corrected chi connectivity index (χ2v) is 8.52. The summed E-state index contributed by atoms with van der Waals surface area (Å²) in [5.41, 5.74) is 1.50. The van der Waals surface area contributed by atoms with Gasteiger partial charge in [-0.05, 0) is 35.9 Å². The van der Waals surface area contributed by atoms with Crippen LogP contribution >= 0.6 is 0 Å². The minimum absolute atomic E-state index is 0.0950. The lowest BCUT2D eigenvalue weighted by Gasteiger charge is -2.15. The molecule has 2 amide bonds. The molecule has 3 rings (SSSR count). The fraction of sp³-hybridized carbons (Fsp3) is 0.130. The Kier molecular flexibility index (Phi) is 7.11. The first-order valence-electron chi connectivity index (χ1n) is 9.70. The number of sulfonamides is 1. The van der Waals surface area contributed by atoms with E-state index in [0.717, 1.165) is 5.56 Å². The number of benzene rings is 3. The Morgan fingerprint density at radius 3 is 2.31 bits per heavy atom. The van der Waals surface area contributed by atoms with Crippen molar-refractivity contribution in [2.24, 2.45) is 0 Å². The molecule has 0 saturated heterocycles. The highest BCUT2D eigenvalue weighted by Gasteiger charge is 2.23. The highest BCUT2D eigenvalue weighted by molar-refractivity contribution is 7.92. The number of ether oxygens (including phenoxy) is 1. The number of nitrogens with one attached hydrogen (secondary N) is 3. The van der Waals surface area contributed by atoms with Crippen LogP contribution in [0.3, 0.4) is 0 Å². The molecule has 0 aliphatic rings. The number of methoxy groups -OCH3 is 1. The van der Waals surface area contributed by atoms with E-state index in [4.69, 9.17) is 4.74 Å². The lowest BCUT2D eigenvalue weighted by Crippen LogP contribution is -2.25. The molecule has 0 aliphatic carbocycles. The van der Waals surface area contributed by atoms with Crippen LogP contribution in [0.5, 0.6) is 5.75 Å². The molecule has 0 unspecified atom stereocenters. The molecule has 3 N–H and O–H groups in total. The molecule has 166 valence electrons. The van der Waals surface area contributed by atoms with Gasteiger partial charge in [0.2, 0.25) is 5.91 Å². The van der Waals surface area contributed by atoms with E-state index in [1.165, 1.54) is 44.4 Å². The van der Waals surface area contributed by atoms with Crippen molar-refractivity contribution in [2.45, 2.75) is 18.4 Å². The average molecular weight is 454 g/mol. The summed E-state index contributed by atoms with van der Waals surface area (Å²) in [7, 11) is -2.80. The van der Waals surface area contributed by atoms with Crippen LogP contribution < -0.4 is 20.1 Å². The molecule has 0 aliphatic heterocycles. The Morgan fingerprint density at radius 1 is 0.938 bits per heavy atom. The first kappa shape index (κ1) is 22.8. The Hall–Kier alpha value is -3.85. The Bertz CT molecular complexity index is 1230. The minimum Gasteiger partial charge on any atom is -0.495 e. The number of carbonyl (C=O) groups excluding carboxylic acids is 2. The molecule has 3 aromatic carbocycles. The highest BCUT2D eigenvalue weighted by atomic mass is 32.2. The lowest BCUT2D eigenvalue weighted by atomic mass is 10.1. The Labute approximate surface area is 186 Å². The zero-order chi connectivity index (χ0) is 23.1. The number of para-hydroxylation sites is 1. The number of hydrogen-bond acceptors (Lipinski definition) is 5. The molecule has 3 aromatic rings. The molecule has 0 radical (unpaired) electrons. The summed E-state index contributed by atoms with van der Waals surface area (Å²) in [5.74, 6) is -0.671. The molecule has 0 fully saturated rings. The number of hydrogen-bond donors (Lipinski definition) is 3. The van der Waals surface area contributed by atoms with Gasteiger partial charge in [-0.15, -0.1) is 0 Å². The van der Waals surface area contributed by atoms with Crippen molar-refractivity contribution in [3.63, 3.8) is 0 Å². The van der Waals surface area contributed by atoms with Crippen molar-refractivity contribution < 1.29 is 22.7 Å². The molecule has 0 bridgehead atoms. The van der Waals surface area contributed by atoms with E-state index in [1.807, 2.05) is 30.3 Å². The summed E-state index contributed by atoms with van der Waals surface area (Å²) in [4.78, 5) is 23.9. The summed E-state index contributed by atoms with van der Waals surface area (Å²) in [6.07, 6.45) is 0. The van der Waals surface area contributed by atoms with E-state index in [2.05, 4.69) is 15.4 Å². The van der Waals surface area contributed by atoms with Crippen molar-refractivity contribution in [3.8, 4) is 5.75 Å². The first-order chi connectivity index (χ1) is 15.3. The van der Waals surface area contributed by atoms with Gasteiger partial charge in [-0.3, -0.25) is 14.3 Å². The lowest BCUT2D eigenvalue weighted by molar-refractivity contribution is -0.114. The zero-order valence-electron chi connectivity index (χ0n) is 17.6. The van der Waals surface area contributed by atoms with Crippen LogP contribution in [0.2, 0.25) is 0 Å². The number of anilines is 2. The Balaban J connectivity index is 1.87. The standard InChI is InChI=1S/C23H23N3O5S/c1-16(27)25-18-12-13-21(31-2)22(14-18)32(29,30)26-20-11-7-6-10-19(20)23(28)24-15-17-8-4-3-5-9-17/h3-14,26H,15H2,1-2H3,(H,24,28)(H,25,27). The summed E-state index contributed by atoms with van der Waals surface area (Å²) >= 11 is 0. The van der Waals surface area contributed by atoms with Crippen LogP contribution in [-0.4, -0.2) is 27.3 Å². The summed E-state index contributed by atoms with van der Waals surface area (Å²) < 4.78 is 33.9. The predicted molar refractivity (Wildman–Crippen MR) is 122 cm³/mol. The summed E-state index contributed by atoms with van der Waals surface area (Å²) in [6, 6.07) is 19.9. The molecular formula is C23H23N3O5S. The van der Waals surface area contributed by atoms with Crippen LogP contribution in [0, 0.1) is 0 Å². The van der Waals surface area contributed by atoms with Gasteiger partial charge in [0.1, 0.15) is 10.6 Å². The second kappa shape index (κ2) is 9.97. The van der Waals surface area contributed by atoms with Crippen LogP contribution in [0.1, 0.15) is 22.8 Å². The molecule has 0 spiro atoms. The molecule has 32 heavy (non-hydrogen) atoms. The van der Waals surface area contributed by atoms with Gasteiger partial charge in [0.25, 0.3) is 15.9 Å². The third kappa shape index (κ3) is 5.64. The predicted octanol–water partition coefficient (Wildman–Crippen LogP) is 3.38. The van der Waals surface area contributed by atoms with Crippen molar-refractivity contribution >= 4 is 33.2 Å². The van der Waals surface area contributed by atoms with E-state index in [9.17, 15) is 18.0 Å². The average Bonchev–Trinajstić information content (AvgIpc) is 2.78. The van der Waals surface area contributed by atoms with E-state index >= 15 is 0 Å². The maximum absolute atomic E-state index is 13.1. The molecular weight excluding hydrogens is 430 g/mol. The molecule has 8 nitrogen and oxygen atoms in total. The van der Waals surface area contributed by atoms with Gasteiger partial charge in [-0.2, -0.15) is 0 Å². The third-order valence-electron chi connectivity index (χ3n) is 4.49. The number of amides is 2. The number of carbonyl (C=O) groups is 2. The van der Waals surface area contributed by atoms with Gasteiger partial charge < -0.3 is 15.4 Å². The van der Waals surface area contributed by atoms with E-state index in [-0.39, 0.29) is 27.8 Å². The maximum atomic E-state index is 13.1. The molecule has 0 aromatic heterocycles. The molecule has 0 saturated carbocycles. The van der Waals surface area contributed by atoms with Crippen molar-refractivity contribution in [3.05, 3.63) is 83.9 Å². The quantitative estimate of drug-likeness (QED) is 0.484. The van der Waals surface area contributed by atoms with Gasteiger partial charge in [-0.25, -0.2) is 8.42 Å². The minimum atomic E-state index is -4.14. The summed E-state index contributed by atoms with van der Waals surface area (Å²) in [6.45, 7) is 1.62. The monoisotopic (exact) mass is 453 g/mol. The zero-order valence-corrected chi connectivity index (χ0v) is 18.4. The van der Waals surface area contributed by atoms with E-state index < -0.39 is 15.9 Å². The normalized spacial score (nSPS) is 10.8. The maximum Gasteiger partial charge on any atom is 0.265 e. The SMILES string of the molecule is COc1ccc(NC(C)=O)cc1S(=O)(=O)Nc1ccccc1C(=O)NCc1ccccc1. The molecule has 0 atom stereocenters. The largest absolute Gasteiger partial charge is 0.495 e. The van der Waals surface area contributed by atoms with Crippen LogP contribution in [0.15, 0.2) is 77.7 Å². The second-order valence-electron chi connectivity index (χ2n) is 6.87. The van der Waals surface area contributed by atoms with Crippen LogP contribution in [0.4, 0.5) is 11.4 Å². The topological polar surface area (TPSA) is 114 Å². The van der Waals surface area contributed by atoms with E-state index in [0.29, 0.717) is 12.2 Å². The fourth-order valence-corrected chi connectivity index (χ4v) is 4.29.